The van der Waals surface area contributed by atoms with E-state index in [4.69, 9.17) is 51.8 Å². The monoisotopic (exact) mass is 401 g/mol. The lowest BCUT2D eigenvalue weighted by Crippen LogP contribution is -2.28. The maximum absolute atomic E-state index is 6.15. The van der Waals surface area contributed by atoms with Crippen LogP contribution in [0.25, 0.3) is 0 Å². The largest absolute Gasteiger partial charge is 0.489 e. The van der Waals surface area contributed by atoms with E-state index in [1.807, 2.05) is 24.3 Å². The fourth-order valence-corrected chi connectivity index (χ4v) is 2.44. The van der Waals surface area contributed by atoms with Gasteiger partial charge in [0, 0.05) is 17.6 Å². The molecule has 4 nitrogen and oxygen atoms in total. The predicted octanol–water partition coefficient (Wildman–Crippen LogP) is 4.65. The Hall–Kier alpha value is -1.53. The SMILES string of the molecule is CNC(=S)NN=Cc1ccc(OCc2c(Cl)ccc(Cl)c2Cl)cc1. The summed E-state index contributed by atoms with van der Waals surface area (Å²) in [7, 11) is 1.72. The quantitative estimate of drug-likeness (QED) is 0.331. The van der Waals surface area contributed by atoms with Crippen molar-refractivity contribution in [2.24, 2.45) is 5.10 Å². The van der Waals surface area contributed by atoms with Crippen molar-refractivity contribution in [1.29, 1.82) is 0 Å². The first-order chi connectivity index (χ1) is 11.5. The van der Waals surface area contributed by atoms with E-state index >= 15 is 0 Å². The van der Waals surface area contributed by atoms with E-state index in [1.54, 1.807) is 25.4 Å². The lowest BCUT2D eigenvalue weighted by atomic mass is 10.2. The van der Waals surface area contributed by atoms with E-state index in [0.717, 1.165) is 5.56 Å². The average molecular weight is 403 g/mol. The molecule has 0 aliphatic rings. The molecule has 0 unspecified atom stereocenters. The fourth-order valence-electron chi connectivity index (χ4n) is 1.73. The molecule has 24 heavy (non-hydrogen) atoms. The van der Waals surface area contributed by atoms with E-state index in [1.165, 1.54) is 0 Å². The lowest BCUT2D eigenvalue weighted by Gasteiger charge is -2.10. The molecule has 2 rings (SSSR count). The van der Waals surface area contributed by atoms with Crippen LogP contribution in [0.3, 0.4) is 0 Å². The Morgan fingerprint density at radius 1 is 1.12 bits per heavy atom. The van der Waals surface area contributed by atoms with Gasteiger partial charge in [0.25, 0.3) is 0 Å². The van der Waals surface area contributed by atoms with E-state index in [9.17, 15) is 0 Å². The second kappa shape index (κ2) is 9.08. The maximum Gasteiger partial charge on any atom is 0.186 e. The highest BCUT2D eigenvalue weighted by Crippen LogP contribution is 2.32. The van der Waals surface area contributed by atoms with Gasteiger partial charge in [-0.1, -0.05) is 34.8 Å². The zero-order valence-electron chi connectivity index (χ0n) is 12.6. The molecular weight excluding hydrogens is 389 g/mol. The minimum absolute atomic E-state index is 0.226. The van der Waals surface area contributed by atoms with E-state index in [0.29, 0.717) is 31.5 Å². The van der Waals surface area contributed by atoms with E-state index in [-0.39, 0.29) is 6.61 Å². The molecule has 0 amide bonds. The summed E-state index contributed by atoms with van der Waals surface area (Å²) in [6.07, 6.45) is 1.65. The number of hydrogen-bond acceptors (Lipinski definition) is 3. The Morgan fingerprint density at radius 3 is 2.46 bits per heavy atom. The average Bonchev–Trinajstić information content (AvgIpc) is 2.59. The van der Waals surface area contributed by atoms with Crippen molar-refractivity contribution in [3.63, 3.8) is 0 Å². The molecule has 0 bridgehead atoms. The molecule has 2 N–H and O–H groups in total. The van der Waals surface area contributed by atoms with Crippen molar-refractivity contribution < 1.29 is 4.74 Å². The highest BCUT2D eigenvalue weighted by molar-refractivity contribution is 7.80. The highest BCUT2D eigenvalue weighted by atomic mass is 35.5. The summed E-state index contributed by atoms with van der Waals surface area (Å²) in [5, 5.41) is 8.57. The Labute approximate surface area is 160 Å². The predicted molar refractivity (Wildman–Crippen MR) is 105 cm³/mol. The molecule has 0 fully saturated rings. The Kier molecular flexibility index (Phi) is 7.12. The molecule has 2 aromatic carbocycles. The summed E-state index contributed by atoms with van der Waals surface area (Å²) in [6, 6.07) is 10.7. The number of hydrazone groups is 1. The number of hydrogen-bond donors (Lipinski definition) is 2. The molecule has 0 aliphatic carbocycles. The summed E-state index contributed by atoms with van der Waals surface area (Å²) in [6.45, 7) is 0.226. The van der Waals surface area contributed by atoms with Gasteiger partial charge in [-0.25, -0.2) is 0 Å². The van der Waals surface area contributed by atoms with Crippen LogP contribution in [0.2, 0.25) is 15.1 Å². The van der Waals surface area contributed by atoms with Crippen LogP contribution in [0.1, 0.15) is 11.1 Å². The van der Waals surface area contributed by atoms with Gasteiger partial charge in [-0.3, -0.25) is 5.43 Å². The number of nitrogens with zero attached hydrogens (tertiary/aromatic N) is 1. The Balaban J connectivity index is 1.98. The fraction of sp³-hybridized carbons (Fsp3) is 0.125. The summed E-state index contributed by atoms with van der Waals surface area (Å²) >= 11 is 23.2. The van der Waals surface area contributed by atoms with Crippen LogP contribution in [-0.2, 0) is 6.61 Å². The van der Waals surface area contributed by atoms with Crippen LogP contribution in [0.5, 0.6) is 5.75 Å². The highest BCUT2D eigenvalue weighted by Gasteiger charge is 2.10. The van der Waals surface area contributed by atoms with Crippen LogP contribution < -0.4 is 15.5 Å². The van der Waals surface area contributed by atoms with Gasteiger partial charge in [0.15, 0.2) is 5.11 Å². The van der Waals surface area contributed by atoms with Gasteiger partial charge in [0.2, 0.25) is 0 Å². The first-order valence-corrected chi connectivity index (χ1v) is 8.41. The van der Waals surface area contributed by atoms with Gasteiger partial charge >= 0.3 is 0 Å². The molecule has 0 aromatic heterocycles. The van der Waals surface area contributed by atoms with Crippen LogP contribution in [-0.4, -0.2) is 18.4 Å². The Morgan fingerprint density at radius 2 is 1.79 bits per heavy atom. The van der Waals surface area contributed by atoms with Gasteiger partial charge in [0.1, 0.15) is 12.4 Å². The first kappa shape index (κ1) is 18.8. The number of halogens is 3. The van der Waals surface area contributed by atoms with E-state index in [2.05, 4.69) is 15.8 Å². The molecule has 8 heteroatoms. The molecule has 0 saturated heterocycles. The topological polar surface area (TPSA) is 45.7 Å². The zero-order valence-corrected chi connectivity index (χ0v) is 15.7. The molecular formula is C16H14Cl3N3OS. The second-order valence-corrected chi connectivity index (χ2v) is 6.23. The molecule has 2 aromatic rings. The third kappa shape index (κ3) is 5.24. The summed E-state index contributed by atoms with van der Waals surface area (Å²) in [5.74, 6) is 0.679. The van der Waals surface area contributed by atoms with Crippen LogP contribution >= 0.6 is 47.0 Å². The molecule has 0 spiro atoms. The molecule has 0 atom stereocenters. The molecule has 0 saturated carbocycles. The van der Waals surface area contributed by atoms with Gasteiger partial charge < -0.3 is 10.1 Å². The standard InChI is InChI=1S/C16H14Cl3N3OS/c1-20-16(24)22-21-8-10-2-4-11(5-3-10)23-9-12-13(17)6-7-14(18)15(12)19/h2-8H,9H2,1H3,(H2,20,22,24). The summed E-state index contributed by atoms with van der Waals surface area (Å²) in [5.41, 5.74) is 4.23. The number of benzene rings is 2. The lowest BCUT2D eigenvalue weighted by molar-refractivity contribution is 0.306. The van der Waals surface area contributed by atoms with Crippen LogP contribution in [0.4, 0.5) is 0 Å². The third-order valence-corrected chi connectivity index (χ3v) is 4.50. The van der Waals surface area contributed by atoms with Gasteiger partial charge in [-0.2, -0.15) is 5.10 Å². The van der Waals surface area contributed by atoms with Crippen LogP contribution in [0.15, 0.2) is 41.5 Å². The molecule has 0 aliphatic heterocycles. The zero-order chi connectivity index (χ0) is 17.5. The van der Waals surface area contributed by atoms with E-state index < -0.39 is 0 Å². The number of nitrogens with one attached hydrogen (secondary N) is 2. The first-order valence-electron chi connectivity index (χ1n) is 6.87. The minimum atomic E-state index is 0.226. The second-order valence-electron chi connectivity index (χ2n) is 4.63. The van der Waals surface area contributed by atoms with Gasteiger partial charge in [-0.15, -0.1) is 0 Å². The van der Waals surface area contributed by atoms with Gasteiger partial charge in [-0.05, 0) is 54.2 Å². The summed E-state index contributed by atoms with van der Waals surface area (Å²) in [4.78, 5) is 0. The third-order valence-electron chi connectivity index (χ3n) is 3.01. The maximum atomic E-state index is 6.15. The summed E-state index contributed by atoms with van der Waals surface area (Å²) < 4.78 is 5.71. The van der Waals surface area contributed by atoms with Gasteiger partial charge in [0.05, 0.1) is 16.3 Å². The Bertz CT molecular complexity index is 751. The van der Waals surface area contributed by atoms with Crippen molar-refractivity contribution in [2.45, 2.75) is 6.61 Å². The minimum Gasteiger partial charge on any atom is -0.489 e. The number of ether oxygens (including phenoxy) is 1. The normalized spacial score (nSPS) is 10.7. The van der Waals surface area contributed by atoms with Crippen molar-refractivity contribution in [1.82, 2.24) is 10.7 Å². The van der Waals surface area contributed by atoms with Crippen molar-refractivity contribution in [3.05, 3.63) is 62.6 Å². The van der Waals surface area contributed by atoms with Crippen molar-refractivity contribution >= 4 is 58.3 Å². The molecule has 0 heterocycles. The van der Waals surface area contributed by atoms with Crippen LogP contribution in [0, 0.1) is 0 Å². The van der Waals surface area contributed by atoms with Crippen molar-refractivity contribution in [3.8, 4) is 5.75 Å². The smallest absolute Gasteiger partial charge is 0.186 e. The number of rotatable bonds is 5. The number of thiocarbonyl (C=S) groups is 1. The van der Waals surface area contributed by atoms with Crippen molar-refractivity contribution in [2.75, 3.05) is 7.05 Å². The molecule has 0 radical (unpaired) electrons. The molecule has 126 valence electrons.